The molecular weight excluding hydrogens is 412 g/mol. The number of hydrogen-bond donors (Lipinski definition) is 2. The number of benzene rings is 3. The molecule has 32 heavy (non-hydrogen) atoms. The number of amidine groups is 1. The molecule has 0 aliphatic carbocycles. The van der Waals surface area contributed by atoms with Crippen molar-refractivity contribution in [3.8, 4) is 0 Å². The molecule has 1 saturated heterocycles. The maximum atomic E-state index is 5.16. The molecule has 160 valence electrons. The van der Waals surface area contributed by atoms with Crippen molar-refractivity contribution in [2.45, 2.75) is 19.4 Å². The van der Waals surface area contributed by atoms with E-state index < -0.39 is 0 Å². The van der Waals surface area contributed by atoms with Crippen LogP contribution in [-0.2, 0) is 6.42 Å². The summed E-state index contributed by atoms with van der Waals surface area (Å²) in [5, 5.41) is 11.2. The number of aryl methyl sites for hydroxylation is 1. The van der Waals surface area contributed by atoms with Crippen LogP contribution in [0.1, 0.15) is 16.0 Å². The monoisotopic (exact) mass is 438 g/mol. The number of nitrogens with one attached hydrogen (secondary N) is 2. The Labute approximate surface area is 192 Å². The molecular formula is C27H26N4S. The Kier molecular flexibility index (Phi) is 4.93. The third-order valence-corrected chi connectivity index (χ3v) is 7.29. The van der Waals surface area contributed by atoms with E-state index in [1.165, 1.54) is 31.8 Å². The van der Waals surface area contributed by atoms with E-state index in [-0.39, 0.29) is 0 Å². The first kappa shape index (κ1) is 19.5. The summed E-state index contributed by atoms with van der Waals surface area (Å²) in [6.07, 6.45) is 1.01. The van der Waals surface area contributed by atoms with Gasteiger partial charge in [0.2, 0.25) is 0 Å². The lowest BCUT2D eigenvalue weighted by Gasteiger charge is -2.36. The van der Waals surface area contributed by atoms with E-state index in [0.29, 0.717) is 6.04 Å². The second kappa shape index (κ2) is 8.08. The average Bonchev–Trinajstić information content (AvgIpc) is 3.10. The Hall–Kier alpha value is -3.15. The lowest BCUT2D eigenvalue weighted by atomic mass is 10.00. The van der Waals surface area contributed by atoms with Crippen LogP contribution in [0.2, 0.25) is 0 Å². The molecule has 0 bridgehead atoms. The summed E-state index contributed by atoms with van der Waals surface area (Å²) in [5.74, 6) is 1.09. The Morgan fingerprint density at radius 1 is 1.00 bits per heavy atom. The van der Waals surface area contributed by atoms with Crippen LogP contribution in [0, 0.1) is 6.92 Å². The van der Waals surface area contributed by atoms with Crippen molar-refractivity contribution in [3.05, 3.63) is 88.8 Å². The lowest BCUT2D eigenvalue weighted by Crippen LogP contribution is -2.53. The molecule has 2 aliphatic heterocycles. The van der Waals surface area contributed by atoms with Crippen LogP contribution < -0.4 is 10.6 Å². The molecule has 6 rings (SSSR count). The predicted octanol–water partition coefficient (Wildman–Crippen LogP) is 5.86. The van der Waals surface area contributed by atoms with Crippen molar-refractivity contribution in [2.24, 2.45) is 4.99 Å². The summed E-state index contributed by atoms with van der Waals surface area (Å²) < 4.78 is 0. The van der Waals surface area contributed by atoms with Crippen LogP contribution in [0.5, 0.6) is 0 Å². The van der Waals surface area contributed by atoms with Gasteiger partial charge in [0.15, 0.2) is 0 Å². The highest BCUT2D eigenvalue weighted by atomic mass is 32.1. The number of fused-ring (bicyclic) bond motifs is 3. The van der Waals surface area contributed by atoms with Gasteiger partial charge in [-0.2, -0.15) is 0 Å². The van der Waals surface area contributed by atoms with Gasteiger partial charge in [0.05, 0.1) is 16.9 Å². The number of anilines is 2. The molecule has 5 heteroatoms. The van der Waals surface area contributed by atoms with Gasteiger partial charge in [-0.15, -0.1) is 11.3 Å². The minimum Gasteiger partial charge on any atom is -0.353 e. The highest BCUT2D eigenvalue weighted by Gasteiger charge is 2.27. The largest absolute Gasteiger partial charge is 0.353 e. The van der Waals surface area contributed by atoms with Gasteiger partial charge in [0, 0.05) is 30.6 Å². The highest BCUT2D eigenvalue weighted by Crippen LogP contribution is 2.39. The lowest BCUT2D eigenvalue weighted by molar-refractivity contribution is 0.290. The van der Waals surface area contributed by atoms with E-state index in [1.54, 1.807) is 11.3 Å². The van der Waals surface area contributed by atoms with Crippen molar-refractivity contribution in [1.29, 1.82) is 0 Å². The van der Waals surface area contributed by atoms with Gasteiger partial charge in [-0.25, -0.2) is 4.99 Å². The first-order valence-corrected chi connectivity index (χ1v) is 12.1. The number of thiophene rings is 1. The smallest absolute Gasteiger partial charge is 0.139 e. The fourth-order valence-electron chi connectivity index (χ4n) is 4.79. The highest BCUT2D eigenvalue weighted by molar-refractivity contribution is 7.16. The summed E-state index contributed by atoms with van der Waals surface area (Å²) in [4.78, 5) is 8.93. The van der Waals surface area contributed by atoms with Gasteiger partial charge in [0.25, 0.3) is 0 Å². The summed E-state index contributed by atoms with van der Waals surface area (Å²) >= 11 is 1.81. The van der Waals surface area contributed by atoms with Gasteiger partial charge in [-0.3, -0.25) is 0 Å². The zero-order valence-corrected chi connectivity index (χ0v) is 19.0. The minimum absolute atomic E-state index is 0.391. The molecule has 2 aliphatic rings. The fraction of sp³-hybridized carbons (Fsp3) is 0.222. The van der Waals surface area contributed by atoms with Gasteiger partial charge in [-0.05, 0) is 47.9 Å². The van der Waals surface area contributed by atoms with Crippen LogP contribution >= 0.6 is 11.3 Å². The van der Waals surface area contributed by atoms with Crippen molar-refractivity contribution < 1.29 is 0 Å². The molecule has 1 fully saturated rings. The zero-order valence-electron chi connectivity index (χ0n) is 18.1. The number of rotatable bonds is 2. The van der Waals surface area contributed by atoms with Crippen molar-refractivity contribution in [3.63, 3.8) is 0 Å². The van der Waals surface area contributed by atoms with E-state index in [0.717, 1.165) is 43.3 Å². The van der Waals surface area contributed by atoms with E-state index >= 15 is 0 Å². The average molecular weight is 439 g/mol. The van der Waals surface area contributed by atoms with Crippen LogP contribution in [0.4, 0.5) is 16.4 Å². The number of hydrogen-bond acceptors (Lipinski definition) is 5. The first-order valence-electron chi connectivity index (χ1n) is 11.2. The third-order valence-electron chi connectivity index (χ3n) is 6.33. The standard InChI is InChI=1S/C27H26N4S/c1-18-14-23-26(29-24-8-4-5-9-25(24)30-27(23)32-18)31-13-12-28-22(17-31)16-19-10-11-20-6-2-3-7-21(20)15-19/h2-11,14-15,22,28,30H,12-13,16-17H2,1H3. The van der Waals surface area contributed by atoms with Crippen LogP contribution in [0.3, 0.4) is 0 Å². The second-order valence-electron chi connectivity index (χ2n) is 8.66. The molecule has 3 aromatic carbocycles. The number of piperazine rings is 1. The summed E-state index contributed by atoms with van der Waals surface area (Å²) in [5.41, 5.74) is 4.68. The number of para-hydroxylation sites is 2. The summed E-state index contributed by atoms with van der Waals surface area (Å²) in [6, 6.07) is 26.4. The maximum absolute atomic E-state index is 5.16. The normalized spacial score (nSPS) is 17.8. The quantitative estimate of drug-likeness (QED) is 0.412. The van der Waals surface area contributed by atoms with Crippen LogP contribution in [0.25, 0.3) is 10.8 Å². The van der Waals surface area contributed by atoms with Crippen LogP contribution in [0.15, 0.2) is 77.8 Å². The fourth-order valence-corrected chi connectivity index (χ4v) is 5.71. The molecule has 0 saturated carbocycles. The van der Waals surface area contributed by atoms with Gasteiger partial charge in [-0.1, -0.05) is 54.6 Å². The molecule has 1 unspecified atom stereocenters. The molecule has 2 N–H and O–H groups in total. The molecule has 4 aromatic rings. The molecule has 0 amide bonds. The molecule has 1 atom stereocenters. The van der Waals surface area contributed by atoms with E-state index in [4.69, 9.17) is 4.99 Å². The topological polar surface area (TPSA) is 39.7 Å². The van der Waals surface area contributed by atoms with E-state index in [2.05, 4.69) is 95.3 Å². The Morgan fingerprint density at radius 3 is 2.78 bits per heavy atom. The molecule has 3 heterocycles. The second-order valence-corrected chi connectivity index (χ2v) is 9.92. The van der Waals surface area contributed by atoms with Crippen molar-refractivity contribution in [2.75, 3.05) is 25.0 Å². The summed E-state index contributed by atoms with van der Waals surface area (Å²) in [7, 11) is 0. The molecule has 4 nitrogen and oxygen atoms in total. The third kappa shape index (κ3) is 3.68. The van der Waals surface area contributed by atoms with Gasteiger partial charge >= 0.3 is 0 Å². The minimum atomic E-state index is 0.391. The zero-order chi connectivity index (χ0) is 21.5. The van der Waals surface area contributed by atoms with Crippen molar-refractivity contribution >= 4 is 44.3 Å². The first-order chi connectivity index (χ1) is 15.7. The van der Waals surface area contributed by atoms with Gasteiger partial charge < -0.3 is 15.5 Å². The predicted molar refractivity (Wildman–Crippen MR) is 136 cm³/mol. The molecule has 0 radical (unpaired) electrons. The van der Waals surface area contributed by atoms with E-state index in [1.807, 2.05) is 0 Å². The van der Waals surface area contributed by atoms with Gasteiger partial charge in [0.1, 0.15) is 10.8 Å². The molecule has 0 spiro atoms. The SMILES string of the molecule is Cc1cc2c(s1)Nc1ccccc1N=C2N1CCNC(Cc2ccc3ccccc3c2)C1. The van der Waals surface area contributed by atoms with Crippen LogP contribution in [-0.4, -0.2) is 36.4 Å². The van der Waals surface area contributed by atoms with Crippen molar-refractivity contribution in [1.82, 2.24) is 10.2 Å². The molecule has 1 aromatic heterocycles. The Morgan fingerprint density at radius 2 is 1.84 bits per heavy atom. The number of nitrogens with zero attached hydrogens (tertiary/aromatic N) is 2. The van der Waals surface area contributed by atoms with E-state index in [9.17, 15) is 0 Å². The Balaban J connectivity index is 1.30. The Bertz CT molecular complexity index is 1320. The summed E-state index contributed by atoms with van der Waals surface area (Å²) in [6.45, 7) is 5.04. The maximum Gasteiger partial charge on any atom is 0.139 e. The number of aliphatic imine (C=N–C) groups is 1.